The lowest BCUT2D eigenvalue weighted by Gasteiger charge is -2.06. The third-order valence-electron chi connectivity index (χ3n) is 2.37. The summed E-state index contributed by atoms with van der Waals surface area (Å²) in [5.41, 5.74) is 6.59. The van der Waals surface area contributed by atoms with Crippen molar-refractivity contribution in [3.8, 4) is 6.07 Å². The van der Waals surface area contributed by atoms with E-state index in [-0.39, 0.29) is 11.3 Å². The molecule has 0 amide bonds. The largest absolute Gasteiger partial charge is 0.397 e. The summed E-state index contributed by atoms with van der Waals surface area (Å²) in [6.07, 6.45) is 0. The lowest BCUT2D eigenvalue weighted by atomic mass is 10.1. The van der Waals surface area contributed by atoms with Crippen LogP contribution >= 0.6 is 27.3 Å². The minimum atomic E-state index is -0.444. The van der Waals surface area contributed by atoms with E-state index in [2.05, 4.69) is 15.9 Å². The predicted molar refractivity (Wildman–Crippen MR) is 75.0 cm³/mol. The van der Waals surface area contributed by atoms with E-state index in [0.29, 0.717) is 10.0 Å². The monoisotopic (exact) mass is 322 g/mol. The quantitative estimate of drug-likeness (QED) is 0.849. The summed E-state index contributed by atoms with van der Waals surface area (Å²) in [5, 5.41) is 11.0. The first-order valence-electron chi connectivity index (χ1n) is 5.02. The molecule has 0 radical (unpaired) electrons. The Kier molecular flexibility index (Phi) is 3.80. The van der Waals surface area contributed by atoms with Crippen LogP contribution in [0.3, 0.4) is 0 Å². The van der Waals surface area contributed by atoms with Crippen molar-refractivity contribution < 1.29 is 4.39 Å². The molecule has 2 aromatic rings. The number of rotatable bonds is 2. The average Bonchev–Trinajstić information content (AvgIpc) is 2.87. The minimum Gasteiger partial charge on any atom is -0.397 e. The molecule has 0 atom stereocenters. The van der Waals surface area contributed by atoms with Gasteiger partial charge in [-0.2, -0.15) is 5.26 Å². The number of nitrogens with two attached hydrogens (primary N) is 1. The predicted octanol–water partition coefficient (Wildman–Crippen LogP) is 4.00. The highest BCUT2D eigenvalue weighted by atomic mass is 79.9. The maximum atomic E-state index is 13.7. The number of allylic oxidation sites excluding steroid dienone is 1. The van der Waals surface area contributed by atoms with Crippen molar-refractivity contribution in [3.05, 3.63) is 56.4 Å². The van der Waals surface area contributed by atoms with E-state index in [0.717, 1.165) is 4.88 Å². The molecule has 0 aliphatic heterocycles. The first-order valence-corrected chi connectivity index (χ1v) is 6.70. The molecule has 90 valence electrons. The van der Waals surface area contributed by atoms with Gasteiger partial charge in [0.1, 0.15) is 11.9 Å². The van der Waals surface area contributed by atoms with Crippen LogP contribution in [-0.2, 0) is 0 Å². The fourth-order valence-corrected chi connectivity index (χ4v) is 2.60. The molecule has 0 saturated heterocycles. The summed E-state index contributed by atoms with van der Waals surface area (Å²) in [6.45, 7) is 0. The molecule has 0 spiro atoms. The Hall–Kier alpha value is -1.64. The molecule has 0 aliphatic carbocycles. The molecule has 5 heteroatoms. The number of nitriles is 1. The van der Waals surface area contributed by atoms with Crippen molar-refractivity contribution in [2.75, 3.05) is 0 Å². The first-order chi connectivity index (χ1) is 8.63. The summed E-state index contributed by atoms with van der Waals surface area (Å²) in [6, 6.07) is 10.1. The number of hydrogen-bond acceptors (Lipinski definition) is 3. The number of hydrogen-bond donors (Lipinski definition) is 1. The molecule has 0 aliphatic rings. The van der Waals surface area contributed by atoms with Gasteiger partial charge in [0.25, 0.3) is 0 Å². The highest BCUT2D eigenvalue weighted by Gasteiger charge is 2.13. The molecule has 2 nitrogen and oxygen atoms in total. The Morgan fingerprint density at radius 3 is 2.78 bits per heavy atom. The van der Waals surface area contributed by atoms with Crippen LogP contribution in [0.1, 0.15) is 10.4 Å². The minimum absolute atomic E-state index is 0.152. The summed E-state index contributed by atoms with van der Waals surface area (Å²) >= 11 is 4.65. The maximum Gasteiger partial charge on any atom is 0.132 e. The third kappa shape index (κ3) is 2.45. The van der Waals surface area contributed by atoms with Crippen LogP contribution in [-0.4, -0.2) is 0 Å². The van der Waals surface area contributed by atoms with Crippen LogP contribution < -0.4 is 5.73 Å². The van der Waals surface area contributed by atoms with Crippen molar-refractivity contribution in [1.29, 1.82) is 5.26 Å². The molecule has 1 aromatic heterocycles. The van der Waals surface area contributed by atoms with Crippen LogP contribution in [0.2, 0.25) is 0 Å². The molecule has 0 unspecified atom stereocenters. The van der Waals surface area contributed by atoms with E-state index < -0.39 is 5.82 Å². The van der Waals surface area contributed by atoms with Crippen molar-refractivity contribution in [1.82, 2.24) is 0 Å². The Morgan fingerprint density at radius 2 is 2.17 bits per heavy atom. The zero-order valence-corrected chi connectivity index (χ0v) is 11.6. The fourth-order valence-electron chi connectivity index (χ4n) is 1.51. The highest BCUT2D eigenvalue weighted by molar-refractivity contribution is 9.10. The third-order valence-corrected chi connectivity index (χ3v) is 3.75. The van der Waals surface area contributed by atoms with Crippen LogP contribution in [0.4, 0.5) is 4.39 Å². The van der Waals surface area contributed by atoms with Gasteiger partial charge in [-0.15, -0.1) is 11.3 Å². The summed E-state index contributed by atoms with van der Waals surface area (Å²) in [7, 11) is 0. The van der Waals surface area contributed by atoms with Gasteiger partial charge in [-0.1, -0.05) is 22.0 Å². The first kappa shape index (κ1) is 12.8. The normalized spacial score (nSPS) is 11.8. The molecular formula is C13H8BrFN2S. The molecule has 0 saturated carbocycles. The number of halogens is 2. The van der Waals surface area contributed by atoms with Crippen molar-refractivity contribution in [2.24, 2.45) is 5.73 Å². The molecule has 1 heterocycles. The molecule has 2 N–H and O–H groups in total. The van der Waals surface area contributed by atoms with E-state index in [4.69, 9.17) is 5.73 Å². The fraction of sp³-hybridized carbons (Fsp3) is 0. The van der Waals surface area contributed by atoms with Crippen molar-refractivity contribution in [2.45, 2.75) is 0 Å². The van der Waals surface area contributed by atoms with Gasteiger partial charge < -0.3 is 5.73 Å². The second kappa shape index (κ2) is 5.34. The van der Waals surface area contributed by atoms with Gasteiger partial charge >= 0.3 is 0 Å². The Bertz CT molecular complexity index is 642. The Balaban J connectivity index is 2.62. The summed E-state index contributed by atoms with van der Waals surface area (Å²) in [5.74, 6) is -0.444. The second-order valence-corrected chi connectivity index (χ2v) is 5.37. The van der Waals surface area contributed by atoms with Crippen LogP contribution in [0.15, 0.2) is 40.2 Å². The lowest BCUT2D eigenvalue weighted by molar-refractivity contribution is 0.623. The van der Waals surface area contributed by atoms with E-state index in [9.17, 15) is 9.65 Å². The average molecular weight is 323 g/mol. The van der Waals surface area contributed by atoms with Gasteiger partial charge in [0, 0.05) is 14.9 Å². The molecule has 2 rings (SSSR count). The lowest BCUT2D eigenvalue weighted by Crippen LogP contribution is -2.02. The second-order valence-electron chi connectivity index (χ2n) is 3.50. The van der Waals surface area contributed by atoms with E-state index >= 15 is 0 Å². The van der Waals surface area contributed by atoms with Gasteiger partial charge in [-0.3, -0.25) is 0 Å². The summed E-state index contributed by atoms with van der Waals surface area (Å²) < 4.78 is 14.4. The number of benzene rings is 1. The molecule has 1 aromatic carbocycles. The van der Waals surface area contributed by atoms with Gasteiger partial charge in [0.15, 0.2) is 0 Å². The topological polar surface area (TPSA) is 49.8 Å². The van der Waals surface area contributed by atoms with E-state index in [1.807, 2.05) is 17.5 Å². The molecular weight excluding hydrogens is 315 g/mol. The van der Waals surface area contributed by atoms with Gasteiger partial charge in [-0.25, -0.2) is 4.39 Å². The number of nitrogens with zero attached hydrogens (tertiary/aromatic N) is 1. The zero-order chi connectivity index (χ0) is 13.1. The Labute approximate surface area is 116 Å². The van der Waals surface area contributed by atoms with E-state index in [1.54, 1.807) is 18.2 Å². The maximum absolute atomic E-state index is 13.7. The van der Waals surface area contributed by atoms with E-state index in [1.165, 1.54) is 17.4 Å². The highest BCUT2D eigenvalue weighted by Crippen LogP contribution is 2.28. The SMILES string of the molecule is N#C/C(=C(/N)c1cc(Br)ccc1F)c1cccs1. The van der Waals surface area contributed by atoms with Crippen molar-refractivity contribution in [3.63, 3.8) is 0 Å². The molecule has 0 fully saturated rings. The van der Waals surface area contributed by atoms with Crippen LogP contribution in [0, 0.1) is 17.1 Å². The molecule has 18 heavy (non-hydrogen) atoms. The van der Waals surface area contributed by atoms with Crippen LogP contribution in [0.25, 0.3) is 11.3 Å². The standard InChI is InChI=1S/C13H8BrFN2S/c14-8-3-4-11(15)9(6-8)13(17)10(7-16)12-2-1-5-18-12/h1-6H,17H2/b13-10-. The number of thiophene rings is 1. The van der Waals surface area contributed by atoms with Crippen molar-refractivity contribution >= 4 is 38.5 Å². The Morgan fingerprint density at radius 1 is 1.39 bits per heavy atom. The molecule has 0 bridgehead atoms. The van der Waals surface area contributed by atoms with Crippen LogP contribution in [0.5, 0.6) is 0 Å². The van der Waals surface area contributed by atoms with Gasteiger partial charge in [0.2, 0.25) is 0 Å². The smallest absolute Gasteiger partial charge is 0.132 e. The zero-order valence-electron chi connectivity index (χ0n) is 9.15. The van der Waals surface area contributed by atoms with Gasteiger partial charge in [0.05, 0.1) is 11.3 Å². The summed E-state index contributed by atoms with van der Waals surface area (Å²) in [4.78, 5) is 0.731. The van der Waals surface area contributed by atoms with Gasteiger partial charge in [-0.05, 0) is 29.6 Å².